The number of alkyl halides is 1. The second-order valence-electron chi connectivity index (χ2n) is 8.73. The summed E-state index contributed by atoms with van der Waals surface area (Å²) in [5, 5.41) is 29.9. The molecule has 2 aromatic carbocycles. The molecule has 3 rings (SSSR count). The second kappa shape index (κ2) is 11.7. The lowest BCUT2D eigenvalue weighted by molar-refractivity contribution is -0.137. The average molecular weight is 445 g/mol. The second-order valence-corrected chi connectivity index (χ2v) is 9.29. The van der Waals surface area contributed by atoms with Gasteiger partial charge in [-0.05, 0) is 41.9 Å². The van der Waals surface area contributed by atoms with Gasteiger partial charge in [-0.1, -0.05) is 73.9 Å². The standard InChI is InChI=1S/C26H33ClO4/c27-22-17-24(29)26(21(22)10-6-1-2-7-11-25(30)31)20-14-12-19(13-15-20)23(28)16-18-8-4-3-5-9-18/h3-5,8-9,12-15,21-24,26,28-29H,1-2,6-7,10-11,16-17H2,(H,30,31). The predicted molar refractivity (Wildman–Crippen MR) is 123 cm³/mol. The topological polar surface area (TPSA) is 77.8 Å². The van der Waals surface area contributed by atoms with Crippen LogP contribution >= 0.6 is 11.6 Å². The van der Waals surface area contributed by atoms with Gasteiger partial charge >= 0.3 is 5.97 Å². The number of carboxylic acids is 1. The molecular weight excluding hydrogens is 412 g/mol. The van der Waals surface area contributed by atoms with Crippen LogP contribution in [0.5, 0.6) is 0 Å². The lowest BCUT2D eigenvalue weighted by atomic mass is 9.83. The van der Waals surface area contributed by atoms with Crippen LogP contribution in [0.4, 0.5) is 0 Å². The molecule has 5 unspecified atom stereocenters. The fourth-order valence-corrected chi connectivity index (χ4v) is 5.26. The Kier molecular flexibility index (Phi) is 8.94. The highest BCUT2D eigenvalue weighted by molar-refractivity contribution is 6.21. The average Bonchev–Trinajstić information content (AvgIpc) is 3.04. The maximum absolute atomic E-state index is 10.7. The van der Waals surface area contributed by atoms with Crippen molar-refractivity contribution in [1.82, 2.24) is 0 Å². The van der Waals surface area contributed by atoms with E-state index in [1.54, 1.807) is 0 Å². The highest BCUT2D eigenvalue weighted by Crippen LogP contribution is 2.45. The Morgan fingerprint density at radius 3 is 2.35 bits per heavy atom. The van der Waals surface area contributed by atoms with Gasteiger partial charge in [0.15, 0.2) is 0 Å². The fraction of sp³-hybridized carbons (Fsp3) is 0.500. The van der Waals surface area contributed by atoms with Crippen molar-refractivity contribution in [2.45, 2.75) is 74.9 Å². The monoisotopic (exact) mass is 444 g/mol. The van der Waals surface area contributed by atoms with Gasteiger partial charge in [-0.3, -0.25) is 4.79 Å². The lowest BCUT2D eigenvalue weighted by Gasteiger charge is -2.24. The van der Waals surface area contributed by atoms with Gasteiger partial charge in [0, 0.05) is 24.1 Å². The molecule has 0 spiro atoms. The van der Waals surface area contributed by atoms with Crippen molar-refractivity contribution in [1.29, 1.82) is 0 Å². The summed E-state index contributed by atoms with van der Waals surface area (Å²) in [7, 11) is 0. The van der Waals surface area contributed by atoms with Crippen molar-refractivity contribution >= 4 is 17.6 Å². The highest BCUT2D eigenvalue weighted by Gasteiger charge is 2.41. The van der Waals surface area contributed by atoms with Crippen molar-refractivity contribution in [2.75, 3.05) is 0 Å². The molecule has 4 nitrogen and oxygen atoms in total. The van der Waals surface area contributed by atoms with Crippen molar-refractivity contribution in [3.8, 4) is 0 Å². The first-order valence-corrected chi connectivity index (χ1v) is 11.7. The molecule has 0 saturated heterocycles. The van der Waals surface area contributed by atoms with Crippen molar-refractivity contribution < 1.29 is 20.1 Å². The van der Waals surface area contributed by atoms with E-state index in [0.29, 0.717) is 19.3 Å². The number of unbranched alkanes of at least 4 members (excludes halogenated alkanes) is 3. The van der Waals surface area contributed by atoms with Gasteiger partial charge in [0.25, 0.3) is 0 Å². The van der Waals surface area contributed by atoms with E-state index in [2.05, 4.69) is 0 Å². The van der Waals surface area contributed by atoms with Crippen molar-refractivity contribution in [3.63, 3.8) is 0 Å². The van der Waals surface area contributed by atoms with Crippen LogP contribution in [0.3, 0.4) is 0 Å². The summed E-state index contributed by atoms with van der Waals surface area (Å²) in [5.41, 5.74) is 3.04. The van der Waals surface area contributed by atoms with Crippen LogP contribution in [0, 0.1) is 5.92 Å². The molecule has 5 heteroatoms. The number of benzene rings is 2. The van der Waals surface area contributed by atoms with E-state index in [-0.39, 0.29) is 23.6 Å². The van der Waals surface area contributed by atoms with Crippen molar-refractivity contribution in [3.05, 3.63) is 71.3 Å². The van der Waals surface area contributed by atoms with Crippen LogP contribution in [-0.2, 0) is 11.2 Å². The van der Waals surface area contributed by atoms with E-state index in [1.807, 2.05) is 54.6 Å². The van der Waals surface area contributed by atoms with E-state index >= 15 is 0 Å². The first-order valence-electron chi connectivity index (χ1n) is 11.3. The van der Waals surface area contributed by atoms with E-state index in [0.717, 1.165) is 42.4 Å². The Balaban J connectivity index is 1.58. The van der Waals surface area contributed by atoms with Gasteiger partial charge in [-0.25, -0.2) is 0 Å². The van der Waals surface area contributed by atoms with Gasteiger partial charge in [-0.15, -0.1) is 11.6 Å². The van der Waals surface area contributed by atoms with E-state index < -0.39 is 18.2 Å². The van der Waals surface area contributed by atoms with Gasteiger partial charge < -0.3 is 15.3 Å². The first-order chi connectivity index (χ1) is 15.0. The Morgan fingerprint density at radius 1 is 1.00 bits per heavy atom. The molecule has 0 heterocycles. The third-order valence-corrected chi connectivity index (χ3v) is 6.96. The number of rotatable bonds is 11. The van der Waals surface area contributed by atoms with E-state index in [4.69, 9.17) is 16.7 Å². The Bertz CT molecular complexity index is 808. The summed E-state index contributed by atoms with van der Waals surface area (Å²) in [6, 6.07) is 17.9. The van der Waals surface area contributed by atoms with E-state index in [1.165, 1.54) is 0 Å². The molecule has 1 aliphatic carbocycles. The summed E-state index contributed by atoms with van der Waals surface area (Å²) >= 11 is 6.59. The molecule has 3 N–H and O–H groups in total. The molecule has 31 heavy (non-hydrogen) atoms. The summed E-state index contributed by atoms with van der Waals surface area (Å²) in [4.78, 5) is 10.6. The largest absolute Gasteiger partial charge is 0.481 e. The van der Waals surface area contributed by atoms with Crippen LogP contribution < -0.4 is 0 Å². The molecule has 0 aromatic heterocycles. The molecule has 168 valence electrons. The number of hydrogen-bond donors (Lipinski definition) is 3. The molecule has 5 atom stereocenters. The highest BCUT2D eigenvalue weighted by atomic mass is 35.5. The number of aliphatic carboxylic acids is 1. The zero-order chi connectivity index (χ0) is 22.2. The van der Waals surface area contributed by atoms with Gasteiger partial charge in [-0.2, -0.15) is 0 Å². The molecule has 0 radical (unpaired) electrons. The molecule has 1 fully saturated rings. The SMILES string of the molecule is O=C(O)CCCCCCC1C(Cl)CC(O)C1c1ccc(C(O)Cc2ccccc2)cc1. The molecule has 1 aliphatic rings. The Morgan fingerprint density at radius 2 is 1.68 bits per heavy atom. The Hall–Kier alpha value is -1.88. The number of hydrogen-bond acceptors (Lipinski definition) is 3. The molecular formula is C26H33ClO4. The minimum absolute atomic E-state index is 0.00170. The third kappa shape index (κ3) is 6.80. The zero-order valence-electron chi connectivity index (χ0n) is 17.9. The van der Waals surface area contributed by atoms with Crippen LogP contribution in [0.25, 0.3) is 0 Å². The summed E-state index contributed by atoms with van der Waals surface area (Å²) in [6.07, 6.45) is 4.90. The van der Waals surface area contributed by atoms with E-state index in [9.17, 15) is 15.0 Å². The number of aliphatic hydroxyl groups excluding tert-OH is 2. The maximum Gasteiger partial charge on any atom is 0.303 e. The molecule has 1 saturated carbocycles. The Labute approximate surface area is 189 Å². The van der Waals surface area contributed by atoms with Crippen LogP contribution in [0.15, 0.2) is 54.6 Å². The first kappa shape index (κ1) is 23.8. The summed E-state index contributed by atoms with van der Waals surface area (Å²) in [5.74, 6) is -0.532. The molecule has 0 aliphatic heterocycles. The lowest BCUT2D eigenvalue weighted by Crippen LogP contribution is -2.19. The quantitative estimate of drug-likeness (QED) is 0.317. The van der Waals surface area contributed by atoms with Gasteiger partial charge in [0.1, 0.15) is 0 Å². The molecule has 2 aromatic rings. The van der Waals surface area contributed by atoms with Crippen LogP contribution in [0.1, 0.15) is 73.7 Å². The number of halogens is 1. The minimum atomic E-state index is -0.739. The number of carboxylic acid groups (broad SMARTS) is 1. The summed E-state index contributed by atoms with van der Waals surface area (Å²) < 4.78 is 0. The van der Waals surface area contributed by atoms with Crippen LogP contribution in [-0.4, -0.2) is 32.8 Å². The molecule has 0 amide bonds. The van der Waals surface area contributed by atoms with Gasteiger partial charge in [0.2, 0.25) is 0 Å². The normalized spacial score (nSPS) is 24.2. The van der Waals surface area contributed by atoms with Gasteiger partial charge in [0.05, 0.1) is 12.2 Å². The zero-order valence-corrected chi connectivity index (χ0v) is 18.6. The fourth-order valence-electron chi connectivity index (χ4n) is 4.80. The third-order valence-electron chi connectivity index (χ3n) is 6.46. The van der Waals surface area contributed by atoms with Crippen molar-refractivity contribution in [2.24, 2.45) is 5.92 Å². The molecule has 0 bridgehead atoms. The minimum Gasteiger partial charge on any atom is -0.481 e. The van der Waals surface area contributed by atoms with Crippen LogP contribution in [0.2, 0.25) is 0 Å². The number of carbonyl (C=O) groups is 1. The smallest absolute Gasteiger partial charge is 0.303 e. The summed E-state index contributed by atoms with van der Waals surface area (Å²) in [6.45, 7) is 0. The number of aliphatic hydroxyl groups is 2. The maximum atomic E-state index is 10.7. The predicted octanol–water partition coefficient (Wildman–Crippen LogP) is 5.46.